The summed E-state index contributed by atoms with van der Waals surface area (Å²) in [6.07, 6.45) is 2.85. The smallest absolute Gasteiger partial charge is 0.309 e. The Morgan fingerprint density at radius 3 is 2.61 bits per heavy atom. The number of esters is 1. The normalized spacial score (nSPS) is 20.3. The molecular weight excluding hydrogens is 451 g/mol. The SMILES string of the molecule is CCOC(=O)[C@@H]1C[C@]12CCc1ccc(OCc3ccc(C(C)(C)C)c(-c4cc(C)ccc4F)c3)cc12. The first-order valence-electron chi connectivity index (χ1n) is 12.9. The van der Waals surface area contributed by atoms with Gasteiger partial charge in [0.05, 0.1) is 12.5 Å². The van der Waals surface area contributed by atoms with Crippen molar-refractivity contribution in [2.75, 3.05) is 6.61 Å². The highest BCUT2D eigenvalue weighted by Crippen LogP contribution is 2.62. The van der Waals surface area contributed by atoms with Crippen molar-refractivity contribution >= 4 is 5.97 Å². The van der Waals surface area contributed by atoms with Crippen LogP contribution in [0.3, 0.4) is 0 Å². The van der Waals surface area contributed by atoms with Crippen LogP contribution in [-0.2, 0) is 33.4 Å². The Morgan fingerprint density at radius 2 is 1.86 bits per heavy atom. The molecule has 1 saturated carbocycles. The molecule has 3 aromatic carbocycles. The van der Waals surface area contributed by atoms with Crippen LogP contribution >= 0.6 is 0 Å². The van der Waals surface area contributed by atoms with Gasteiger partial charge in [-0.1, -0.05) is 50.6 Å². The number of ether oxygens (including phenoxy) is 2. The first-order chi connectivity index (χ1) is 17.1. The Kier molecular flexibility index (Phi) is 6.18. The van der Waals surface area contributed by atoms with Gasteiger partial charge in [-0.15, -0.1) is 0 Å². The highest BCUT2D eigenvalue weighted by Gasteiger charge is 2.62. The standard InChI is InChI=1S/C32H35FO3/c1-6-35-30(34)28-18-32(28)14-13-22-9-10-23(17-27(22)32)36-19-21-8-11-26(31(3,4)5)24(16-21)25-15-20(2)7-12-29(25)33/h7-12,15-17,28H,6,13-14,18-19H2,1-5H3/t28-,32-/m0/s1. The molecule has 188 valence electrons. The van der Waals surface area contributed by atoms with Gasteiger partial charge in [0.15, 0.2) is 0 Å². The summed E-state index contributed by atoms with van der Waals surface area (Å²) in [5.74, 6) is 0.471. The molecule has 1 spiro atoms. The minimum Gasteiger partial charge on any atom is -0.489 e. The summed E-state index contributed by atoms with van der Waals surface area (Å²) in [5, 5.41) is 0. The third-order valence-electron chi connectivity index (χ3n) is 7.81. The number of carbonyl (C=O) groups excluding carboxylic acids is 1. The fraction of sp³-hybridized carbons (Fsp3) is 0.406. The predicted octanol–water partition coefficient (Wildman–Crippen LogP) is 7.44. The van der Waals surface area contributed by atoms with Crippen molar-refractivity contribution in [2.45, 2.75) is 71.3 Å². The van der Waals surface area contributed by atoms with Gasteiger partial charge < -0.3 is 9.47 Å². The molecule has 4 heteroatoms. The monoisotopic (exact) mass is 486 g/mol. The summed E-state index contributed by atoms with van der Waals surface area (Å²) in [6, 6.07) is 17.8. The van der Waals surface area contributed by atoms with Crippen molar-refractivity contribution in [2.24, 2.45) is 5.92 Å². The Labute approximate surface area is 213 Å². The summed E-state index contributed by atoms with van der Waals surface area (Å²) in [7, 11) is 0. The third-order valence-corrected chi connectivity index (χ3v) is 7.81. The molecule has 36 heavy (non-hydrogen) atoms. The Bertz CT molecular complexity index is 1320. The average Bonchev–Trinajstić information content (AvgIpc) is 3.47. The van der Waals surface area contributed by atoms with Crippen LogP contribution in [0, 0.1) is 18.7 Å². The lowest BCUT2D eigenvalue weighted by Gasteiger charge is -2.24. The summed E-state index contributed by atoms with van der Waals surface area (Å²) < 4.78 is 26.4. The van der Waals surface area contributed by atoms with Crippen molar-refractivity contribution in [1.29, 1.82) is 0 Å². The van der Waals surface area contributed by atoms with Gasteiger partial charge in [0.25, 0.3) is 0 Å². The maximum atomic E-state index is 14.9. The van der Waals surface area contributed by atoms with E-state index in [1.54, 1.807) is 12.1 Å². The van der Waals surface area contributed by atoms with E-state index in [1.807, 2.05) is 26.0 Å². The first kappa shape index (κ1) is 24.5. The highest BCUT2D eigenvalue weighted by molar-refractivity contribution is 5.80. The molecule has 0 heterocycles. The van der Waals surface area contributed by atoms with E-state index >= 15 is 0 Å². The van der Waals surface area contributed by atoms with E-state index in [0.717, 1.165) is 47.3 Å². The molecule has 1 fully saturated rings. The second-order valence-corrected chi connectivity index (χ2v) is 11.4. The number of hydrogen-bond acceptors (Lipinski definition) is 3. The number of fused-ring (bicyclic) bond motifs is 2. The lowest BCUT2D eigenvalue weighted by molar-refractivity contribution is -0.145. The summed E-state index contributed by atoms with van der Waals surface area (Å²) in [5.41, 5.74) is 7.00. The van der Waals surface area contributed by atoms with Crippen LogP contribution in [0.1, 0.15) is 68.4 Å². The van der Waals surface area contributed by atoms with Gasteiger partial charge in [0, 0.05) is 11.0 Å². The van der Waals surface area contributed by atoms with Crippen LogP contribution in [0.15, 0.2) is 54.6 Å². The van der Waals surface area contributed by atoms with Gasteiger partial charge in [0.2, 0.25) is 0 Å². The number of hydrogen-bond donors (Lipinski definition) is 0. The van der Waals surface area contributed by atoms with E-state index < -0.39 is 0 Å². The van der Waals surface area contributed by atoms with E-state index in [9.17, 15) is 9.18 Å². The van der Waals surface area contributed by atoms with Crippen LogP contribution in [0.5, 0.6) is 5.75 Å². The molecule has 3 nitrogen and oxygen atoms in total. The lowest BCUT2D eigenvalue weighted by Crippen LogP contribution is -2.15. The molecule has 0 unspecified atom stereocenters. The van der Waals surface area contributed by atoms with Crippen molar-refractivity contribution in [3.63, 3.8) is 0 Å². The third kappa shape index (κ3) is 4.42. The molecule has 2 aliphatic carbocycles. The number of aryl methyl sites for hydroxylation is 2. The quantitative estimate of drug-likeness (QED) is 0.340. The fourth-order valence-electron chi connectivity index (χ4n) is 5.82. The molecule has 2 aliphatic rings. The van der Waals surface area contributed by atoms with Crippen LogP contribution in [-0.4, -0.2) is 12.6 Å². The first-order valence-corrected chi connectivity index (χ1v) is 12.9. The van der Waals surface area contributed by atoms with Gasteiger partial charge in [0.1, 0.15) is 18.2 Å². The maximum absolute atomic E-state index is 14.9. The van der Waals surface area contributed by atoms with Crippen LogP contribution in [0.4, 0.5) is 4.39 Å². The number of halogens is 1. The van der Waals surface area contributed by atoms with E-state index in [4.69, 9.17) is 9.47 Å². The molecule has 0 radical (unpaired) electrons. The zero-order chi connectivity index (χ0) is 25.7. The molecule has 0 saturated heterocycles. The Balaban J connectivity index is 1.40. The van der Waals surface area contributed by atoms with Gasteiger partial charge >= 0.3 is 5.97 Å². The number of benzene rings is 3. The van der Waals surface area contributed by atoms with Crippen molar-refractivity contribution in [3.8, 4) is 16.9 Å². The number of rotatable bonds is 6. The van der Waals surface area contributed by atoms with Crippen molar-refractivity contribution in [1.82, 2.24) is 0 Å². The summed E-state index contributed by atoms with van der Waals surface area (Å²) in [6.45, 7) is 11.1. The molecule has 0 N–H and O–H groups in total. The van der Waals surface area contributed by atoms with Crippen LogP contribution in [0.2, 0.25) is 0 Å². The molecule has 0 amide bonds. The molecule has 0 bridgehead atoms. The zero-order valence-electron chi connectivity index (χ0n) is 21.9. The maximum Gasteiger partial charge on any atom is 0.309 e. The minimum atomic E-state index is -0.214. The van der Waals surface area contributed by atoms with Crippen molar-refractivity contribution in [3.05, 3.63) is 88.2 Å². The Hall–Kier alpha value is -3.14. The average molecular weight is 487 g/mol. The second kappa shape index (κ2) is 9.06. The molecule has 0 aromatic heterocycles. The van der Waals surface area contributed by atoms with Crippen LogP contribution < -0.4 is 4.74 Å². The summed E-state index contributed by atoms with van der Waals surface area (Å²) in [4.78, 5) is 12.4. The van der Waals surface area contributed by atoms with Gasteiger partial charge in [-0.05, 0) is 96.7 Å². The van der Waals surface area contributed by atoms with Gasteiger partial charge in [-0.3, -0.25) is 4.79 Å². The minimum absolute atomic E-state index is 0.0364. The number of carbonyl (C=O) groups is 1. The highest BCUT2D eigenvalue weighted by atomic mass is 19.1. The Morgan fingerprint density at radius 1 is 1.06 bits per heavy atom. The van der Waals surface area contributed by atoms with E-state index in [0.29, 0.717) is 18.8 Å². The van der Waals surface area contributed by atoms with Gasteiger partial charge in [-0.2, -0.15) is 0 Å². The second-order valence-electron chi connectivity index (χ2n) is 11.4. The fourth-order valence-corrected chi connectivity index (χ4v) is 5.82. The zero-order valence-corrected chi connectivity index (χ0v) is 21.9. The molecule has 0 aliphatic heterocycles. The van der Waals surface area contributed by atoms with Crippen LogP contribution in [0.25, 0.3) is 11.1 Å². The predicted molar refractivity (Wildman–Crippen MR) is 141 cm³/mol. The van der Waals surface area contributed by atoms with E-state index in [1.165, 1.54) is 11.1 Å². The van der Waals surface area contributed by atoms with E-state index in [2.05, 4.69) is 51.1 Å². The molecule has 2 atom stereocenters. The van der Waals surface area contributed by atoms with Gasteiger partial charge in [-0.25, -0.2) is 4.39 Å². The summed E-state index contributed by atoms with van der Waals surface area (Å²) >= 11 is 0. The van der Waals surface area contributed by atoms with Crippen molar-refractivity contribution < 1.29 is 18.7 Å². The molecule has 3 aromatic rings. The molecular formula is C32H35FO3. The van der Waals surface area contributed by atoms with E-state index in [-0.39, 0.29) is 28.5 Å². The largest absolute Gasteiger partial charge is 0.489 e. The lowest BCUT2D eigenvalue weighted by atomic mass is 9.81. The topological polar surface area (TPSA) is 35.5 Å². The molecule has 5 rings (SSSR count).